The molecule has 4 bridgehead atoms. The van der Waals surface area contributed by atoms with Gasteiger partial charge in [-0.05, 0) is 85.5 Å². The van der Waals surface area contributed by atoms with Gasteiger partial charge in [-0.15, -0.1) is 0 Å². The number of hydrogen-bond donors (Lipinski definition) is 2. The first-order chi connectivity index (χ1) is 13.6. The smallest absolute Gasteiger partial charge is 0.248 e. The van der Waals surface area contributed by atoms with Crippen LogP contribution in [0.25, 0.3) is 11.3 Å². The lowest BCUT2D eigenvalue weighted by Crippen LogP contribution is -2.50. The molecule has 4 aliphatic rings. The van der Waals surface area contributed by atoms with E-state index in [2.05, 4.69) is 16.4 Å². The number of pyridine rings is 1. The van der Waals surface area contributed by atoms with E-state index in [0.29, 0.717) is 11.0 Å². The van der Waals surface area contributed by atoms with Crippen LogP contribution in [0.5, 0.6) is 0 Å². The summed E-state index contributed by atoms with van der Waals surface area (Å²) in [7, 11) is 0. The molecule has 0 atom stereocenters. The van der Waals surface area contributed by atoms with Crippen molar-refractivity contribution in [3.63, 3.8) is 0 Å². The third kappa shape index (κ3) is 3.46. The highest BCUT2D eigenvalue weighted by Crippen LogP contribution is 2.59. The number of rotatable bonds is 6. The van der Waals surface area contributed by atoms with Crippen LogP contribution in [0.15, 0.2) is 42.6 Å². The molecule has 28 heavy (non-hydrogen) atoms. The molecular weight excluding hydrogens is 346 g/mol. The second kappa shape index (κ2) is 7.00. The molecule has 3 N–H and O–H groups in total. The predicted octanol–water partition coefficient (Wildman–Crippen LogP) is 4.15. The molecule has 1 aromatic heterocycles. The minimum absolute atomic E-state index is 0.410. The Bertz CT molecular complexity index is 838. The first kappa shape index (κ1) is 17.9. The quantitative estimate of drug-likeness (QED) is 0.797. The van der Waals surface area contributed by atoms with E-state index in [1.807, 2.05) is 24.4 Å². The first-order valence-corrected chi connectivity index (χ1v) is 10.6. The van der Waals surface area contributed by atoms with Crippen LogP contribution in [0.4, 0.5) is 0 Å². The number of carbonyl (C=O) groups is 1. The highest BCUT2D eigenvalue weighted by molar-refractivity contribution is 5.93. The maximum absolute atomic E-state index is 11.4. The summed E-state index contributed by atoms with van der Waals surface area (Å²) in [6.07, 6.45) is 10.8. The zero-order valence-electron chi connectivity index (χ0n) is 16.4. The normalized spacial score (nSPS) is 30.5. The van der Waals surface area contributed by atoms with Gasteiger partial charge in [0.15, 0.2) is 0 Å². The van der Waals surface area contributed by atoms with Crippen molar-refractivity contribution in [2.75, 3.05) is 6.54 Å². The average molecular weight is 376 g/mol. The molecule has 0 spiro atoms. The molecule has 1 amide bonds. The molecule has 0 aliphatic heterocycles. The number of nitrogens with one attached hydrogen (secondary N) is 1. The fourth-order valence-electron chi connectivity index (χ4n) is 6.51. The van der Waals surface area contributed by atoms with Crippen molar-refractivity contribution in [3.05, 3.63) is 53.7 Å². The van der Waals surface area contributed by atoms with Gasteiger partial charge in [0.1, 0.15) is 0 Å². The Balaban J connectivity index is 1.20. The van der Waals surface area contributed by atoms with Gasteiger partial charge >= 0.3 is 0 Å². The Kier molecular flexibility index (Phi) is 4.47. The van der Waals surface area contributed by atoms with Crippen LogP contribution >= 0.6 is 0 Å². The summed E-state index contributed by atoms with van der Waals surface area (Å²) in [5.74, 6) is 2.60. The number of carbonyl (C=O) groups excluding carboxylic acids is 1. The van der Waals surface area contributed by atoms with Gasteiger partial charge in [-0.2, -0.15) is 0 Å². The van der Waals surface area contributed by atoms with Crippen molar-refractivity contribution >= 4 is 5.91 Å². The number of benzene rings is 1. The molecule has 1 aromatic carbocycles. The van der Waals surface area contributed by atoms with E-state index >= 15 is 0 Å². The zero-order chi connectivity index (χ0) is 19.1. The summed E-state index contributed by atoms with van der Waals surface area (Å²) in [6, 6.07) is 11.5. The largest absolute Gasteiger partial charge is 0.366 e. The standard InChI is InChI=1S/C24H29N3O/c25-23(28)21-3-1-2-20(9-21)22-5-4-16(14-27-22)13-26-15-24-10-17-6-18(11-24)8-19(7-17)12-24/h1-5,9,14,17-19,26H,6-8,10-13,15H2,(H2,25,28). The number of nitrogens with zero attached hydrogens (tertiary/aromatic N) is 1. The van der Waals surface area contributed by atoms with Gasteiger partial charge in [0, 0.05) is 30.4 Å². The van der Waals surface area contributed by atoms with Gasteiger partial charge in [-0.1, -0.05) is 18.2 Å². The van der Waals surface area contributed by atoms with E-state index in [0.717, 1.165) is 42.1 Å². The van der Waals surface area contributed by atoms with Crippen LogP contribution in [0.3, 0.4) is 0 Å². The average Bonchev–Trinajstić information content (AvgIpc) is 2.67. The third-order valence-corrected chi connectivity index (χ3v) is 7.26. The number of hydrogen-bond acceptors (Lipinski definition) is 3. The maximum Gasteiger partial charge on any atom is 0.248 e. The topological polar surface area (TPSA) is 68.0 Å². The predicted molar refractivity (Wildman–Crippen MR) is 111 cm³/mol. The van der Waals surface area contributed by atoms with Gasteiger partial charge in [-0.25, -0.2) is 0 Å². The highest BCUT2D eigenvalue weighted by Gasteiger charge is 2.50. The van der Waals surface area contributed by atoms with Crippen LogP contribution in [-0.4, -0.2) is 17.4 Å². The molecule has 4 aliphatic carbocycles. The number of primary amides is 1. The molecule has 2 aromatic rings. The van der Waals surface area contributed by atoms with E-state index < -0.39 is 5.91 Å². The first-order valence-electron chi connectivity index (χ1n) is 10.6. The second-order valence-corrected chi connectivity index (χ2v) is 9.52. The lowest BCUT2D eigenvalue weighted by atomic mass is 9.49. The van der Waals surface area contributed by atoms with Gasteiger partial charge in [0.2, 0.25) is 5.91 Å². The van der Waals surface area contributed by atoms with Crippen LogP contribution in [-0.2, 0) is 6.54 Å². The molecule has 6 rings (SSSR count). The SMILES string of the molecule is NC(=O)c1cccc(-c2ccc(CNCC34CC5CC(CC(C5)C3)C4)cn2)c1. The van der Waals surface area contributed by atoms with E-state index in [1.54, 1.807) is 12.1 Å². The molecule has 146 valence electrons. The summed E-state index contributed by atoms with van der Waals surface area (Å²) in [5.41, 5.74) is 9.46. The lowest BCUT2D eigenvalue weighted by molar-refractivity contribution is -0.0514. The van der Waals surface area contributed by atoms with Gasteiger partial charge in [0.25, 0.3) is 0 Å². The molecule has 0 saturated heterocycles. The van der Waals surface area contributed by atoms with Gasteiger partial charge in [-0.3, -0.25) is 9.78 Å². The van der Waals surface area contributed by atoms with E-state index in [1.165, 1.54) is 44.1 Å². The Hall–Kier alpha value is -2.20. The summed E-state index contributed by atoms with van der Waals surface area (Å²) in [4.78, 5) is 16.0. The summed E-state index contributed by atoms with van der Waals surface area (Å²) in [5, 5.41) is 3.74. The fraction of sp³-hybridized carbons (Fsp3) is 0.500. The van der Waals surface area contributed by atoms with Crippen molar-refractivity contribution in [2.24, 2.45) is 28.9 Å². The van der Waals surface area contributed by atoms with Crippen molar-refractivity contribution < 1.29 is 4.79 Å². The van der Waals surface area contributed by atoms with E-state index in [-0.39, 0.29) is 0 Å². The second-order valence-electron chi connectivity index (χ2n) is 9.52. The Morgan fingerprint density at radius 3 is 2.39 bits per heavy atom. The van der Waals surface area contributed by atoms with E-state index in [4.69, 9.17) is 5.73 Å². The number of aromatic nitrogens is 1. The van der Waals surface area contributed by atoms with Crippen molar-refractivity contribution in [1.82, 2.24) is 10.3 Å². The summed E-state index contributed by atoms with van der Waals surface area (Å²) in [6.45, 7) is 2.02. The lowest BCUT2D eigenvalue weighted by Gasteiger charge is -2.57. The zero-order valence-corrected chi connectivity index (χ0v) is 16.4. The molecule has 0 radical (unpaired) electrons. The molecule has 4 heteroatoms. The number of amides is 1. The van der Waals surface area contributed by atoms with Crippen molar-refractivity contribution in [3.8, 4) is 11.3 Å². The molecule has 4 nitrogen and oxygen atoms in total. The minimum Gasteiger partial charge on any atom is -0.366 e. The third-order valence-electron chi connectivity index (χ3n) is 7.26. The Morgan fingerprint density at radius 2 is 1.79 bits per heavy atom. The number of nitrogens with two attached hydrogens (primary N) is 1. The summed E-state index contributed by atoms with van der Waals surface area (Å²) >= 11 is 0. The van der Waals surface area contributed by atoms with Crippen molar-refractivity contribution in [2.45, 2.75) is 45.1 Å². The highest BCUT2D eigenvalue weighted by atomic mass is 16.1. The van der Waals surface area contributed by atoms with Crippen LogP contribution in [0, 0.1) is 23.2 Å². The molecule has 4 fully saturated rings. The molecule has 1 heterocycles. The van der Waals surface area contributed by atoms with Crippen LogP contribution < -0.4 is 11.1 Å². The van der Waals surface area contributed by atoms with Crippen LogP contribution in [0.2, 0.25) is 0 Å². The summed E-state index contributed by atoms with van der Waals surface area (Å²) < 4.78 is 0. The van der Waals surface area contributed by atoms with Gasteiger partial charge < -0.3 is 11.1 Å². The Morgan fingerprint density at radius 1 is 1.07 bits per heavy atom. The Labute approximate surface area is 166 Å². The molecule has 0 unspecified atom stereocenters. The van der Waals surface area contributed by atoms with Crippen LogP contribution in [0.1, 0.15) is 54.4 Å². The maximum atomic E-state index is 11.4. The molecule has 4 saturated carbocycles. The fourth-order valence-corrected chi connectivity index (χ4v) is 6.51. The monoisotopic (exact) mass is 375 g/mol. The molecular formula is C24H29N3O. The minimum atomic E-state index is -0.410. The van der Waals surface area contributed by atoms with Crippen molar-refractivity contribution in [1.29, 1.82) is 0 Å². The van der Waals surface area contributed by atoms with E-state index in [9.17, 15) is 4.79 Å². The van der Waals surface area contributed by atoms with Gasteiger partial charge in [0.05, 0.1) is 5.69 Å².